The Hall–Kier alpha value is -2.29. The second kappa shape index (κ2) is 8.19. The van der Waals surface area contributed by atoms with E-state index in [2.05, 4.69) is 18.2 Å². The van der Waals surface area contributed by atoms with Gasteiger partial charge in [0.25, 0.3) is 0 Å². The van der Waals surface area contributed by atoms with Crippen LogP contribution in [0.1, 0.15) is 52.7 Å². The van der Waals surface area contributed by atoms with Crippen LogP contribution in [0.4, 0.5) is 0 Å². The van der Waals surface area contributed by atoms with Gasteiger partial charge in [0.2, 0.25) is 0 Å². The quantitative estimate of drug-likeness (QED) is 0.790. The molecule has 4 rings (SSSR count). The van der Waals surface area contributed by atoms with Gasteiger partial charge in [-0.05, 0) is 61.8 Å². The van der Waals surface area contributed by atoms with Gasteiger partial charge in [-0.1, -0.05) is 24.3 Å². The molecule has 3 nitrogen and oxygen atoms in total. The molecule has 2 aromatic carbocycles. The molecule has 2 aliphatic rings. The highest BCUT2D eigenvalue weighted by molar-refractivity contribution is 5.99. The molecule has 0 atom stereocenters. The number of Topliss-reactive ketones (excluding diaryl/α,β-unsaturated/α-hetero) is 1. The van der Waals surface area contributed by atoms with Gasteiger partial charge in [-0.2, -0.15) is 0 Å². The van der Waals surface area contributed by atoms with E-state index in [0.717, 1.165) is 35.5 Å². The van der Waals surface area contributed by atoms with Crippen LogP contribution in [0.5, 0.6) is 11.5 Å². The minimum Gasteiger partial charge on any atom is -0.496 e. The fourth-order valence-corrected chi connectivity index (χ4v) is 3.77. The van der Waals surface area contributed by atoms with Crippen LogP contribution < -0.4 is 9.47 Å². The first kappa shape index (κ1) is 17.5. The summed E-state index contributed by atoms with van der Waals surface area (Å²) in [5.74, 6) is 2.18. The molecule has 2 aromatic rings. The number of benzene rings is 2. The van der Waals surface area contributed by atoms with E-state index in [1.54, 1.807) is 14.2 Å². The van der Waals surface area contributed by atoms with Crippen LogP contribution in [0.15, 0.2) is 36.4 Å². The van der Waals surface area contributed by atoms with Gasteiger partial charge in [0, 0.05) is 17.5 Å². The number of ketones is 1. The first-order chi connectivity index (χ1) is 12.2. The van der Waals surface area contributed by atoms with Crippen LogP contribution >= 0.6 is 0 Å². The van der Waals surface area contributed by atoms with Crippen LogP contribution in [0, 0.1) is 0 Å². The third kappa shape index (κ3) is 3.87. The van der Waals surface area contributed by atoms with Gasteiger partial charge in [-0.15, -0.1) is 0 Å². The Morgan fingerprint density at radius 2 is 1.36 bits per heavy atom. The Morgan fingerprint density at radius 3 is 2.12 bits per heavy atom. The van der Waals surface area contributed by atoms with Crippen molar-refractivity contribution in [3.05, 3.63) is 58.7 Å². The van der Waals surface area contributed by atoms with Crippen LogP contribution in [0.3, 0.4) is 0 Å². The summed E-state index contributed by atoms with van der Waals surface area (Å²) in [4.78, 5) is 11.5. The number of aryl methyl sites for hydroxylation is 1. The molecule has 25 heavy (non-hydrogen) atoms. The number of fused-ring (bicyclic) bond motifs is 2. The predicted octanol–water partition coefficient (Wildman–Crippen LogP) is 4.79. The van der Waals surface area contributed by atoms with Crippen molar-refractivity contribution in [1.29, 1.82) is 0 Å². The largest absolute Gasteiger partial charge is 0.496 e. The Bertz CT molecular complexity index is 735. The topological polar surface area (TPSA) is 35.5 Å². The molecule has 0 heterocycles. The Balaban J connectivity index is 0.000000146. The SMILES string of the molecule is COc1cccc2c1CCCC2.COc1cccc2c1CCCC2=O. The fraction of sp³-hybridized carbons (Fsp3) is 0.409. The summed E-state index contributed by atoms with van der Waals surface area (Å²) in [6, 6.07) is 12.0. The standard InChI is InChI=1S/C11H12O2.C11H14O/c1-13-11-7-3-4-8-9(11)5-2-6-10(8)12;1-12-11-8-4-6-9-5-2-3-7-10(9)11/h3-4,7H,2,5-6H2,1H3;4,6,8H,2-3,5,7H2,1H3. The van der Waals surface area contributed by atoms with E-state index in [9.17, 15) is 4.79 Å². The summed E-state index contributed by atoms with van der Waals surface area (Å²) >= 11 is 0. The monoisotopic (exact) mass is 338 g/mol. The van der Waals surface area contributed by atoms with Crippen LogP contribution in [-0.2, 0) is 19.3 Å². The minimum absolute atomic E-state index is 0.250. The lowest BCUT2D eigenvalue weighted by Gasteiger charge is -2.17. The molecule has 0 saturated carbocycles. The van der Waals surface area contributed by atoms with E-state index < -0.39 is 0 Å². The maximum Gasteiger partial charge on any atom is 0.163 e. The highest BCUT2D eigenvalue weighted by Gasteiger charge is 2.19. The van der Waals surface area contributed by atoms with Gasteiger partial charge < -0.3 is 9.47 Å². The molecule has 0 fully saturated rings. The van der Waals surface area contributed by atoms with Gasteiger partial charge in [0.1, 0.15) is 11.5 Å². The number of hydrogen-bond donors (Lipinski definition) is 0. The summed E-state index contributed by atoms with van der Waals surface area (Å²) in [7, 11) is 3.40. The zero-order valence-electron chi connectivity index (χ0n) is 15.1. The number of carbonyl (C=O) groups is 1. The van der Waals surface area contributed by atoms with Crippen molar-refractivity contribution in [1.82, 2.24) is 0 Å². The summed E-state index contributed by atoms with van der Waals surface area (Å²) in [5.41, 5.74) is 4.86. The fourth-order valence-electron chi connectivity index (χ4n) is 3.77. The number of carbonyl (C=O) groups excluding carboxylic acids is 1. The van der Waals surface area contributed by atoms with E-state index in [1.165, 1.54) is 36.8 Å². The van der Waals surface area contributed by atoms with Crippen molar-refractivity contribution in [3.63, 3.8) is 0 Å². The van der Waals surface area contributed by atoms with E-state index in [0.29, 0.717) is 6.42 Å². The van der Waals surface area contributed by atoms with E-state index >= 15 is 0 Å². The third-order valence-corrected chi connectivity index (χ3v) is 5.06. The van der Waals surface area contributed by atoms with Gasteiger partial charge >= 0.3 is 0 Å². The third-order valence-electron chi connectivity index (χ3n) is 5.06. The molecule has 0 unspecified atom stereocenters. The molecular formula is C22H26O3. The first-order valence-electron chi connectivity index (χ1n) is 9.08. The molecule has 0 radical (unpaired) electrons. The van der Waals surface area contributed by atoms with E-state index in [-0.39, 0.29) is 5.78 Å². The van der Waals surface area contributed by atoms with Crippen LogP contribution in [-0.4, -0.2) is 20.0 Å². The van der Waals surface area contributed by atoms with E-state index in [4.69, 9.17) is 9.47 Å². The first-order valence-corrected chi connectivity index (χ1v) is 9.08. The summed E-state index contributed by atoms with van der Waals surface area (Å²) < 4.78 is 10.5. The van der Waals surface area contributed by atoms with Crippen molar-refractivity contribution in [2.75, 3.05) is 14.2 Å². The highest BCUT2D eigenvalue weighted by atomic mass is 16.5. The normalized spacial score (nSPS) is 15.4. The molecule has 0 N–H and O–H groups in total. The van der Waals surface area contributed by atoms with Gasteiger partial charge in [-0.25, -0.2) is 0 Å². The number of rotatable bonds is 2. The molecule has 0 amide bonds. The van der Waals surface area contributed by atoms with E-state index in [1.807, 2.05) is 18.2 Å². The number of methoxy groups -OCH3 is 2. The highest BCUT2D eigenvalue weighted by Crippen LogP contribution is 2.29. The second-order valence-electron chi connectivity index (χ2n) is 6.57. The molecular weight excluding hydrogens is 312 g/mol. The van der Waals surface area contributed by atoms with Gasteiger partial charge in [0.15, 0.2) is 5.78 Å². The lowest BCUT2D eigenvalue weighted by Crippen LogP contribution is -2.11. The molecule has 3 heteroatoms. The molecule has 132 valence electrons. The smallest absolute Gasteiger partial charge is 0.163 e. The van der Waals surface area contributed by atoms with Crippen molar-refractivity contribution in [2.45, 2.75) is 44.9 Å². The number of hydrogen-bond acceptors (Lipinski definition) is 3. The minimum atomic E-state index is 0.250. The average Bonchev–Trinajstić information content (AvgIpc) is 2.68. The van der Waals surface area contributed by atoms with Crippen LogP contribution in [0.2, 0.25) is 0 Å². The maximum absolute atomic E-state index is 11.5. The summed E-state index contributed by atoms with van der Waals surface area (Å²) in [6.45, 7) is 0. The summed E-state index contributed by atoms with van der Waals surface area (Å²) in [6.07, 6.45) is 7.66. The molecule has 0 aliphatic heterocycles. The zero-order valence-corrected chi connectivity index (χ0v) is 15.1. The molecule has 0 bridgehead atoms. The van der Waals surface area contributed by atoms with Crippen molar-refractivity contribution in [3.8, 4) is 11.5 Å². The average molecular weight is 338 g/mol. The maximum atomic E-state index is 11.5. The van der Waals surface area contributed by atoms with Crippen molar-refractivity contribution < 1.29 is 14.3 Å². The Labute approximate surface area is 150 Å². The Kier molecular flexibility index (Phi) is 5.75. The molecule has 0 spiro atoms. The Morgan fingerprint density at radius 1 is 0.720 bits per heavy atom. The second-order valence-corrected chi connectivity index (χ2v) is 6.57. The number of ether oxygens (including phenoxy) is 2. The lowest BCUT2D eigenvalue weighted by atomic mass is 9.90. The lowest BCUT2D eigenvalue weighted by molar-refractivity contribution is 0.0971. The summed E-state index contributed by atoms with van der Waals surface area (Å²) in [5, 5.41) is 0. The zero-order chi connectivity index (χ0) is 17.6. The van der Waals surface area contributed by atoms with Gasteiger partial charge in [0.05, 0.1) is 14.2 Å². The van der Waals surface area contributed by atoms with Crippen LogP contribution in [0.25, 0.3) is 0 Å². The van der Waals surface area contributed by atoms with Crippen molar-refractivity contribution >= 4 is 5.78 Å². The van der Waals surface area contributed by atoms with Crippen molar-refractivity contribution in [2.24, 2.45) is 0 Å². The molecule has 2 aliphatic carbocycles. The molecule has 0 aromatic heterocycles. The predicted molar refractivity (Wildman–Crippen MR) is 99.9 cm³/mol. The van der Waals surface area contributed by atoms with Gasteiger partial charge in [-0.3, -0.25) is 4.79 Å². The molecule has 0 saturated heterocycles.